The molecule has 0 bridgehead atoms. The van der Waals surface area contributed by atoms with E-state index >= 15 is 0 Å². The molecule has 3 fully saturated rings. The van der Waals surface area contributed by atoms with Crippen molar-refractivity contribution in [3.05, 3.63) is 0 Å². The third-order valence-corrected chi connectivity index (χ3v) is 5.11. The number of halogens is 1. The van der Waals surface area contributed by atoms with Crippen LogP contribution in [0.25, 0.3) is 0 Å². The molecule has 0 unspecified atom stereocenters. The van der Waals surface area contributed by atoms with Crippen molar-refractivity contribution < 1.29 is 0 Å². The lowest BCUT2D eigenvalue weighted by molar-refractivity contribution is 0.203. The van der Waals surface area contributed by atoms with Crippen molar-refractivity contribution in [1.29, 1.82) is 0 Å². The molecular weight excluding hydrogens is 349 g/mol. The molecule has 1 aliphatic heterocycles. The summed E-state index contributed by atoms with van der Waals surface area (Å²) in [5.41, 5.74) is 0.634. The first-order valence-electron chi connectivity index (χ1n) is 7.77. The minimum absolute atomic E-state index is 0. The second-order valence-electron chi connectivity index (χ2n) is 6.60. The molecule has 0 amide bonds. The van der Waals surface area contributed by atoms with Crippen molar-refractivity contribution in [3.63, 3.8) is 0 Å². The summed E-state index contributed by atoms with van der Waals surface area (Å²) < 4.78 is 0. The summed E-state index contributed by atoms with van der Waals surface area (Å²) >= 11 is 0. The lowest BCUT2D eigenvalue weighted by atomic mass is 9.73. The summed E-state index contributed by atoms with van der Waals surface area (Å²) in [5, 5.41) is 3.57. The van der Waals surface area contributed by atoms with Gasteiger partial charge in [-0.25, -0.2) is 0 Å². The van der Waals surface area contributed by atoms with Crippen LogP contribution in [0.15, 0.2) is 4.99 Å². The number of aliphatic imine (C=N–C) groups is 1. The molecule has 0 radical (unpaired) electrons. The molecule has 3 nitrogen and oxygen atoms in total. The van der Waals surface area contributed by atoms with Gasteiger partial charge in [-0.15, -0.1) is 24.0 Å². The maximum atomic E-state index is 4.48. The van der Waals surface area contributed by atoms with Crippen LogP contribution < -0.4 is 5.32 Å². The highest BCUT2D eigenvalue weighted by Gasteiger charge is 2.39. The van der Waals surface area contributed by atoms with Gasteiger partial charge in [-0.05, 0) is 43.4 Å². The Balaban J connectivity index is 0.00000133. The van der Waals surface area contributed by atoms with Gasteiger partial charge < -0.3 is 10.2 Å². The van der Waals surface area contributed by atoms with Crippen molar-refractivity contribution in [1.82, 2.24) is 10.2 Å². The highest BCUT2D eigenvalue weighted by molar-refractivity contribution is 14.0. The minimum atomic E-state index is 0. The third kappa shape index (κ3) is 3.76. The Bertz CT molecular complexity index is 319. The third-order valence-electron chi connectivity index (χ3n) is 5.11. The highest BCUT2D eigenvalue weighted by atomic mass is 127. The molecule has 3 aliphatic rings. The van der Waals surface area contributed by atoms with Gasteiger partial charge in [0.15, 0.2) is 5.96 Å². The Kier molecular flexibility index (Phi) is 5.37. The highest BCUT2D eigenvalue weighted by Crippen LogP contribution is 2.43. The van der Waals surface area contributed by atoms with Crippen molar-refractivity contribution in [3.8, 4) is 0 Å². The zero-order valence-electron chi connectivity index (χ0n) is 12.2. The summed E-state index contributed by atoms with van der Waals surface area (Å²) in [6.45, 7) is 3.60. The van der Waals surface area contributed by atoms with Crippen LogP contribution in [0.4, 0.5) is 0 Å². The van der Waals surface area contributed by atoms with Crippen molar-refractivity contribution in [2.24, 2.45) is 16.3 Å². The van der Waals surface area contributed by atoms with Crippen LogP contribution in [-0.4, -0.2) is 37.5 Å². The van der Waals surface area contributed by atoms with E-state index in [1.165, 1.54) is 64.5 Å². The molecule has 1 N–H and O–H groups in total. The first kappa shape index (κ1) is 15.4. The standard InChI is InChI=1S/C15H27N3.HI/c1-16-14(17-11-13-5-6-13)18-10-9-15(12-18)7-3-2-4-8-15;/h13H,2-12H2,1H3,(H,16,17);1H. The van der Waals surface area contributed by atoms with Gasteiger partial charge in [0, 0.05) is 26.7 Å². The zero-order valence-corrected chi connectivity index (χ0v) is 14.5. The van der Waals surface area contributed by atoms with Crippen LogP contribution in [-0.2, 0) is 0 Å². The smallest absolute Gasteiger partial charge is 0.193 e. The van der Waals surface area contributed by atoms with Crippen LogP contribution in [0.2, 0.25) is 0 Å². The largest absolute Gasteiger partial charge is 0.356 e. The lowest BCUT2D eigenvalue weighted by Gasteiger charge is -2.33. The van der Waals surface area contributed by atoms with Gasteiger partial charge in [0.25, 0.3) is 0 Å². The summed E-state index contributed by atoms with van der Waals surface area (Å²) in [6.07, 6.45) is 11.4. The molecule has 2 aliphatic carbocycles. The van der Waals surface area contributed by atoms with Crippen LogP contribution in [0.3, 0.4) is 0 Å². The molecule has 0 aromatic carbocycles. The number of guanidine groups is 1. The van der Waals surface area contributed by atoms with Gasteiger partial charge in [-0.2, -0.15) is 0 Å². The predicted molar refractivity (Wildman–Crippen MR) is 91.2 cm³/mol. The average Bonchev–Trinajstić information content (AvgIpc) is 3.14. The second-order valence-corrected chi connectivity index (χ2v) is 6.60. The Morgan fingerprint density at radius 2 is 1.95 bits per heavy atom. The second kappa shape index (κ2) is 6.64. The Morgan fingerprint density at radius 3 is 2.58 bits per heavy atom. The molecule has 0 aromatic heterocycles. The molecule has 1 spiro atoms. The number of hydrogen-bond donors (Lipinski definition) is 1. The number of likely N-dealkylation sites (tertiary alicyclic amines) is 1. The molecule has 1 heterocycles. The SMILES string of the molecule is CN=C(NCC1CC1)N1CCC2(CCCCC2)C1.I. The van der Waals surface area contributed by atoms with Crippen LogP contribution >= 0.6 is 24.0 Å². The van der Waals surface area contributed by atoms with Crippen molar-refractivity contribution >= 4 is 29.9 Å². The quantitative estimate of drug-likeness (QED) is 0.455. The molecule has 110 valence electrons. The van der Waals surface area contributed by atoms with E-state index in [2.05, 4.69) is 15.2 Å². The van der Waals surface area contributed by atoms with Crippen LogP contribution in [0, 0.1) is 11.3 Å². The maximum absolute atomic E-state index is 4.48. The number of nitrogens with zero attached hydrogens (tertiary/aromatic N) is 2. The van der Waals surface area contributed by atoms with Gasteiger partial charge in [-0.3, -0.25) is 4.99 Å². The summed E-state index contributed by atoms with van der Waals surface area (Å²) in [6, 6.07) is 0. The van der Waals surface area contributed by atoms with Crippen LogP contribution in [0.5, 0.6) is 0 Å². The van der Waals surface area contributed by atoms with Gasteiger partial charge in [0.05, 0.1) is 0 Å². The first-order valence-corrected chi connectivity index (χ1v) is 7.77. The molecule has 0 atom stereocenters. The van der Waals surface area contributed by atoms with Crippen molar-refractivity contribution in [2.45, 2.75) is 51.4 Å². The molecule has 4 heteroatoms. The van der Waals surface area contributed by atoms with E-state index in [9.17, 15) is 0 Å². The van der Waals surface area contributed by atoms with E-state index in [0.717, 1.165) is 18.4 Å². The number of rotatable bonds is 2. The van der Waals surface area contributed by atoms with E-state index < -0.39 is 0 Å². The monoisotopic (exact) mass is 377 g/mol. The van der Waals surface area contributed by atoms with E-state index in [1.807, 2.05) is 7.05 Å². The van der Waals surface area contributed by atoms with Crippen molar-refractivity contribution in [2.75, 3.05) is 26.7 Å². The summed E-state index contributed by atoms with van der Waals surface area (Å²) in [7, 11) is 1.93. The maximum Gasteiger partial charge on any atom is 0.193 e. The minimum Gasteiger partial charge on any atom is -0.356 e. The normalized spacial score (nSPS) is 26.4. The summed E-state index contributed by atoms with van der Waals surface area (Å²) in [4.78, 5) is 6.99. The fraction of sp³-hybridized carbons (Fsp3) is 0.933. The first-order chi connectivity index (χ1) is 8.81. The molecule has 0 aromatic rings. The Morgan fingerprint density at radius 1 is 1.21 bits per heavy atom. The lowest BCUT2D eigenvalue weighted by Crippen LogP contribution is -2.42. The fourth-order valence-corrected chi connectivity index (χ4v) is 3.72. The molecule has 1 saturated heterocycles. The van der Waals surface area contributed by atoms with Crippen LogP contribution in [0.1, 0.15) is 51.4 Å². The predicted octanol–water partition coefficient (Wildman–Crippen LogP) is 3.25. The molecule has 3 rings (SSSR count). The van der Waals surface area contributed by atoms with E-state index in [4.69, 9.17) is 0 Å². The number of hydrogen-bond acceptors (Lipinski definition) is 1. The summed E-state index contributed by atoms with van der Waals surface area (Å²) in [5.74, 6) is 2.08. The van der Waals surface area contributed by atoms with E-state index in [0.29, 0.717) is 5.41 Å². The topological polar surface area (TPSA) is 27.6 Å². The number of nitrogens with one attached hydrogen (secondary N) is 1. The Hall–Kier alpha value is 0. The fourth-order valence-electron chi connectivity index (χ4n) is 3.72. The molecule has 19 heavy (non-hydrogen) atoms. The van der Waals surface area contributed by atoms with Gasteiger partial charge in [0.2, 0.25) is 0 Å². The Labute approximate surface area is 134 Å². The molecular formula is C15H28IN3. The zero-order chi connectivity index (χ0) is 12.4. The molecule has 2 saturated carbocycles. The van der Waals surface area contributed by atoms with Gasteiger partial charge in [-0.1, -0.05) is 19.3 Å². The van der Waals surface area contributed by atoms with E-state index in [1.54, 1.807) is 0 Å². The average molecular weight is 377 g/mol. The van der Waals surface area contributed by atoms with Gasteiger partial charge >= 0.3 is 0 Å². The van der Waals surface area contributed by atoms with Gasteiger partial charge in [0.1, 0.15) is 0 Å². The van der Waals surface area contributed by atoms with E-state index in [-0.39, 0.29) is 24.0 Å².